The van der Waals surface area contributed by atoms with Crippen LogP contribution < -0.4 is 10.6 Å². The SMILES string of the molecule is COC(=O)[C@@H](CSC(CCc1ccccc1)SC[C@@H](NC(=O)OC(C)(C)C)C(=O)OC)NC(=O)OC(C)(C)C. The van der Waals surface area contributed by atoms with Crippen LogP contribution in [0.2, 0.25) is 0 Å². The molecule has 0 aliphatic carbocycles. The summed E-state index contributed by atoms with van der Waals surface area (Å²) in [5.41, 5.74) is -0.317. The van der Waals surface area contributed by atoms with Crippen LogP contribution in [0.4, 0.5) is 9.59 Å². The Morgan fingerprint density at radius 3 is 1.51 bits per heavy atom. The van der Waals surface area contributed by atoms with Crippen molar-refractivity contribution < 1.29 is 38.1 Å². The second-order valence-corrected chi connectivity index (χ2v) is 13.3. The van der Waals surface area contributed by atoms with Crippen molar-refractivity contribution in [2.45, 2.75) is 82.3 Å². The van der Waals surface area contributed by atoms with E-state index in [2.05, 4.69) is 10.6 Å². The van der Waals surface area contributed by atoms with Gasteiger partial charge in [0, 0.05) is 11.5 Å². The third-order valence-electron chi connectivity index (χ3n) is 4.76. The highest BCUT2D eigenvalue weighted by atomic mass is 32.2. The van der Waals surface area contributed by atoms with Gasteiger partial charge in [-0.2, -0.15) is 0 Å². The molecule has 0 saturated heterocycles. The van der Waals surface area contributed by atoms with Crippen LogP contribution in [0, 0.1) is 0 Å². The average Bonchev–Trinajstić information content (AvgIpc) is 2.83. The first kappa shape index (κ1) is 34.4. The number of aryl methyl sites for hydroxylation is 1. The molecule has 1 aromatic rings. The van der Waals surface area contributed by atoms with Crippen molar-refractivity contribution in [2.75, 3.05) is 25.7 Å². The zero-order valence-electron chi connectivity index (χ0n) is 24.0. The van der Waals surface area contributed by atoms with Crippen LogP contribution in [0.3, 0.4) is 0 Å². The van der Waals surface area contributed by atoms with Gasteiger partial charge >= 0.3 is 24.1 Å². The summed E-state index contributed by atoms with van der Waals surface area (Å²) >= 11 is 2.88. The van der Waals surface area contributed by atoms with E-state index in [0.29, 0.717) is 6.42 Å². The summed E-state index contributed by atoms with van der Waals surface area (Å²) in [5, 5.41) is 5.16. The fourth-order valence-corrected chi connectivity index (χ4v) is 5.75. The van der Waals surface area contributed by atoms with Crippen molar-refractivity contribution in [3.05, 3.63) is 35.9 Å². The number of ether oxygens (including phenoxy) is 4. The maximum Gasteiger partial charge on any atom is 0.408 e. The molecular formula is C27H42N2O8S2. The van der Waals surface area contributed by atoms with E-state index in [1.165, 1.54) is 37.7 Å². The summed E-state index contributed by atoms with van der Waals surface area (Å²) in [6.07, 6.45) is -0.00497. The molecule has 0 radical (unpaired) electrons. The van der Waals surface area contributed by atoms with Gasteiger partial charge in [-0.05, 0) is 59.9 Å². The summed E-state index contributed by atoms with van der Waals surface area (Å²) in [5.74, 6) is -0.778. The molecule has 0 aromatic heterocycles. The number of hydrogen-bond donors (Lipinski definition) is 2. The smallest absolute Gasteiger partial charge is 0.408 e. The molecular weight excluding hydrogens is 544 g/mol. The van der Waals surface area contributed by atoms with Crippen LogP contribution >= 0.6 is 23.5 Å². The molecule has 0 spiro atoms. The summed E-state index contributed by atoms with van der Waals surface area (Å²) in [4.78, 5) is 49.4. The summed E-state index contributed by atoms with van der Waals surface area (Å²) in [7, 11) is 2.50. The van der Waals surface area contributed by atoms with Gasteiger partial charge in [0.2, 0.25) is 0 Å². The van der Waals surface area contributed by atoms with Crippen molar-refractivity contribution >= 4 is 47.6 Å². The molecule has 10 nitrogen and oxygen atoms in total. The first-order valence-electron chi connectivity index (χ1n) is 12.6. The lowest BCUT2D eigenvalue weighted by Crippen LogP contribution is -2.46. The van der Waals surface area contributed by atoms with Crippen molar-refractivity contribution in [1.82, 2.24) is 10.6 Å². The van der Waals surface area contributed by atoms with Crippen LogP contribution in [0.15, 0.2) is 30.3 Å². The molecule has 39 heavy (non-hydrogen) atoms. The molecule has 2 atom stereocenters. The molecule has 1 rings (SSSR count). The van der Waals surface area contributed by atoms with E-state index >= 15 is 0 Å². The van der Waals surface area contributed by atoms with Gasteiger partial charge in [0.05, 0.1) is 18.8 Å². The topological polar surface area (TPSA) is 129 Å². The predicted molar refractivity (Wildman–Crippen MR) is 154 cm³/mol. The van der Waals surface area contributed by atoms with Gasteiger partial charge in [-0.1, -0.05) is 30.3 Å². The monoisotopic (exact) mass is 586 g/mol. The standard InChI is InChI=1S/C27H42N2O8S2/c1-26(2,3)36-24(32)28-19(22(30)34-7)16-38-21(15-14-18-12-10-9-11-13-18)39-17-20(23(31)35-8)29-25(33)37-27(4,5)6/h9-13,19-21H,14-17H2,1-8H3,(H,28,32)(H,29,33)/t19-,20-/m1/s1. The first-order chi connectivity index (χ1) is 18.1. The van der Waals surface area contributed by atoms with E-state index in [1.54, 1.807) is 41.5 Å². The maximum absolute atomic E-state index is 12.4. The second kappa shape index (κ2) is 16.5. The number of amides is 2. The number of thioether (sulfide) groups is 2. The summed E-state index contributed by atoms with van der Waals surface area (Å²) < 4.78 is 20.2. The van der Waals surface area contributed by atoms with Crippen molar-refractivity contribution in [1.29, 1.82) is 0 Å². The van der Waals surface area contributed by atoms with Crippen molar-refractivity contribution in [3.63, 3.8) is 0 Å². The number of methoxy groups -OCH3 is 2. The fraction of sp³-hybridized carbons (Fsp3) is 0.630. The molecule has 0 heterocycles. The second-order valence-electron chi connectivity index (χ2n) is 10.6. The Labute approximate surface area is 240 Å². The lowest BCUT2D eigenvalue weighted by atomic mass is 10.1. The highest BCUT2D eigenvalue weighted by molar-refractivity contribution is 8.17. The van der Waals surface area contributed by atoms with Gasteiger partial charge in [0.15, 0.2) is 0 Å². The third kappa shape index (κ3) is 15.5. The van der Waals surface area contributed by atoms with Gasteiger partial charge in [0.25, 0.3) is 0 Å². The highest BCUT2D eigenvalue weighted by Gasteiger charge is 2.29. The largest absolute Gasteiger partial charge is 0.467 e. The zero-order chi connectivity index (χ0) is 29.6. The lowest BCUT2D eigenvalue weighted by molar-refractivity contribution is -0.143. The first-order valence-corrected chi connectivity index (χ1v) is 14.6. The predicted octanol–water partition coefficient (Wildman–Crippen LogP) is 4.54. The Hall–Kier alpha value is -2.60. The average molecular weight is 587 g/mol. The number of carbonyl (C=O) groups is 4. The number of benzene rings is 1. The molecule has 0 bridgehead atoms. The minimum atomic E-state index is -0.939. The van der Waals surface area contributed by atoms with Crippen LogP contribution in [-0.2, 0) is 35.0 Å². The fourth-order valence-electron chi connectivity index (χ4n) is 3.07. The van der Waals surface area contributed by atoms with E-state index in [4.69, 9.17) is 18.9 Å². The van der Waals surface area contributed by atoms with E-state index in [-0.39, 0.29) is 16.1 Å². The number of carbonyl (C=O) groups excluding carboxylic acids is 4. The summed E-state index contributed by atoms with van der Waals surface area (Å²) in [6, 6.07) is 8.03. The molecule has 0 unspecified atom stereocenters. The van der Waals surface area contributed by atoms with Crippen LogP contribution in [-0.4, -0.2) is 77.7 Å². The molecule has 0 fully saturated rings. The number of nitrogens with one attached hydrogen (secondary N) is 2. The van der Waals surface area contributed by atoms with Gasteiger partial charge in [-0.15, -0.1) is 23.5 Å². The normalized spacial score (nSPS) is 13.2. The lowest BCUT2D eigenvalue weighted by Gasteiger charge is -2.25. The van der Waals surface area contributed by atoms with Gasteiger partial charge in [-0.3, -0.25) is 0 Å². The number of hydrogen-bond acceptors (Lipinski definition) is 10. The van der Waals surface area contributed by atoms with E-state index in [0.717, 1.165) is 12.0 Å². The van der Waals surface area contributed by atoms with Crippen LogP contribution in [0.25, 0.3) is 0 Å². The van der Waals surface area contributed by atoms with E-state index < -0.39 is 47.4 Å². The highest BCUT2D eigenvalue weighted by Crippen LogP contribution is 2.30. The van der Waals surface area contributed by atoms with Gasteiger partial charge in [-0.25, -0.2) is 19.2 Å². The minimum Gasteiger partial charge on any atom is -0.467 e. The molecule has 2 N–H and O–H groups in total. The molecule has 0 saturated carbocycles. The number of esters is 2. The Kier molecular flexibility index (Phi) is 14.6. The third-order valence-corrected chi connectivity index (χ3v) is 7.85. The minimum absolute atomic E-state index is 0.106. The molecule has 220 valence electrons. The molecule has 12 heteroatoms. The maximum atomic E-state index is 12.4. The van der Waals surface area contributed by atoms with Crippen molar-refractivity contribution in [3.8, 4) is 0 Å². The van der Waals surface area contributed by atoms with Crippen LogP contribution in [0.1, 0.15) is 53.5 Å². The Morgan fingerprint density at radius 2 is 1.15 bits per heavy atom. The van der Waals surface area contributed by atoms with Crippen LogP contribution in [0.5, 0.6) is 0 Å². The Balaban J connectivity index is 2.97. The quantitative estimate of drug-likeness (QED) is 0.193. The Morgan fingerprint density at radius 1 is 0.744 bits per heavy atom. The van der Waals surface area contributed by atoms with Gasteiger partial charge < -0.3 is 29.6 Å². The number of alkyl carbamates (subject to hydrolysis) is 2. The zero-order valence-corrected chi connectivity index (χ0v) is 25.7. The molecule has 0 aliphatic heterocycles. The Bertz CT molecular complexity index is 878. The molecule has 2 amide bonds. The number of rotatable bonds is 13. The van der Waals surface area contributed by atoms with Gasteiger partial charge in [0.1, 0.15) is 23.3 Å². The molecule has 1 aromatic carbocycles. The van der Waals surface area contributed by atoms with E-state index in [9.17, 15) is 19.2 Å². The van der Waals surface area contributed by atoms with E-state index in [1.807, 2.05) is 30.3 Å². The molecule has 0 aliphatic rings. The van der Waals surface area contributed by atoms with Crippen molar-refractivity contribution in [2.24, 2.45) is 0 Å². The summed E-state index contributed by atoms with van der Waals surface area (Å²) in [6.45, 7) is 10.4.